The molecule has 0 amide bonds. The number of carbonyl (C=O) groups is 1. The van der Waals surface area contributed by atoms with Gasteiger partial charge in [0, 0.05) is 6.42 Å². The molecule has 1 aromatic heterocycles. The molecule has 0 saturated heterocycles. The summed E-state index contributed by atoms with van der Waals surface area (Å²) in [6, 6.07) is 14.9. The summed E-state index contributed by atoms with van der Waals surface area (Å²) in [5.74, 6) is -0.862. The first-order chi connectivity index (χ1) is 10.2. The molecule has 0 aliphatic carbocycles. The first kappa shape index (κ1) is 13.4. The van der Waals surface area contributed by atoms with Crippen molar-refractivity contribution in [2.75, 3.05) is 0 Å². The number of carbonyl (C=O) groups excluding carboxylic acids is 1. The van der Waals surface area contributed by atoms with Crippen LogP contribution in [0.2, 0.25) is 0 Å². The standard InChI is InChI=1S/C17H15NO3/c1-12-6-2-3-7-13(12)10-11-16(19)18-14-8-4-5-9-15(14)21-17(18)20/h2-9H,10-11H2,1H3. The Kier molecular flexibility index (Phi) is 3.44. The summed E-state index contributed by atoms with van der Waals surface area (Å²) in [5, 5.41) is 0. The molecule has 106 valence electrons. The topological polar surface area (TPSA) is 52.2 Å². The SMILES string of the molecule is Cc1ccccc1CCC(=O)n1c(=O)oc2ccccc21. The molecule has 4 nitrogen and oxygen atoms in total. The maximum absolute atomic E-state index is 12.3. The van der Waals surface area contributed by atoms with Gasteiger partial charge in [-0.1, -0.05) is 36.4 Å². The molecular formula is C17H15NO3. The summed E-state index contributed by atoms with van der Waals surface area (Å²) < 4.78 is 6.20. The second kappa shape index (κ2) is 5.40. The van der Waals surface area contributed by atoms with Gasteiger partial charge >= 0.3 is 5.76 Å². The van der Waals surface area contributed by atoms with Crippen molar-refractivity contribution in [3.05, 3.63) is 70.2 Å². The van der Waals surface area contributed by atoms with Gasteiger partial charge in [-0.2, -0.15) is 0 Å². The van der Waals surface area contributed by atoms with Crippen LogP contribution in [0.15, 0.2) is 57.7 Å². The van der Waals surface area contributed by atoms with Gasteiger partial charge in [0.2, 0.25) is 5.91 Å². The summed E-state index contributed by atoms with van der Waals surface area (Å²) in [7, 11) is 0. The fraction of sp³-hybridized carbons (Fsp3) is 0.176. The smallest absolute Gasteiger partial charge is 0.407 e. The third-order valence-corrected chi connectivity index (χ3v) is 3.60. The highest BCUT2D eigenvalue weighted by molar-refractivity contribution is 5.89. The van der Waals surface area contributed by atoms with Crippen molar-refractivity contribution in [1.82, 2.24) is 4.57 Å². The second-order valence-corrected chi connectivity index (χ2v) is 4.99. The summed E-state index contributed by atoms with van der Waals surface area (Å²) in [5.41, 5.74) is 3.23. The number of nitrogens with zero attached hydrogens (tertiary/aromatic N) is 1. The zero-order valence-electron chi connectivity index (χ0n) is 11.7. The molecular weight excluding hydrogens is 266 g/mol. The Morgan fingerprint density at radius 1 is 1.10 bits per heavy atom. The van der Waals surface area contributed by atoms with E-state index in [1.807, 2.05) is 31.2 Å². The first-order valence-corrected chi connectivity index (χ1v) is 6.85. The second-order valence-electron chi connectivity index (χ2n) is 4.99. The third kappa shape index (κ3) is 2.52. The molecule has 21 heavy (non-hydrogen) atoms. The lowest BCUT2D eigenvalue weighted by atomic mass is 10.0. The number of rotatable bonds is 3. The minimum absolute atomic E-state index is 0.242. The van der Waals surface area contributed by atoms with Crippen LogP contribution in [0.5, 0.6) is 0 Å². The molecule has 4 heteroatoms. The van der Waals surface area contributed by atoms with Crippen LogP contribution in [0.1, 0.15) is 22.3 Å². The van der Waals surface area contributed by atoms with Gasteiger partial charge in [-0.05, 0) is 36.6 Å². The lowest BCUT2D eigenvalue weighted by molar-refractivity contribution is 0.0899. The number of fused-ring (bicyclic) bond motifs is 1. The molecule has 2 aromatic carbocycles. The zero-order valence-corrected chi connectivity index (χ0v) is 11.7. The highest BCUT2D eigenvalue weighted by Crippen LogP contribution is 2.14. The molecule has 0 radical (unpaired) electrons. The van der Waals surface area contributed by atoms with E-state index in [0.717, 1.165) is 15.7 Å². The van der Waals surface area contributed by atoms with Crippen molar-refractivity contribution in [1.29, 1.82) is 0 Å². The Morgan fingerprint density at radius 2 is 1.81 bits per heavy atom. The zero-order chi connectivity index (χ0) is 14.8. The van der Waals surface area contributed by atoms with Gasteiger partial charge in [-0.25, -0.2) is 9.36 Å². The minimum atomic E-state index is -0.619. The van der Waals surface area contributed by atoms with Crippen molar-refractivity contribution in [2.24, 2.45) is 0 Å². The number of hydrogen-bond acceptors (Lipinski definition) is 3. The van der Waals surface area contributed by atoms with Gasteiger partial charge in [0.05, 0.1) is 5.52 Å². The predicted molar refractivity (Wildman–Crippen MR) is 80.6 cm³/mol. The van der Waals surface area contributed by atoms with E-state index in [9.17, 15) is 9.59 Å². The molecule has 0 bridgehead atoms. The number of benzene rings is 2. The van der Waals surface area contributed by atoms with Gasteiger partial charge in [-0.15, -0.1) is 0 Å². The van der Waals surface area contributed by atoms with Gasteiger partial charge in [0.25, 0.3) is 0 Å². The lowest BCUT2D eigenvalue weighted by Gasteiger charge is -2.05. The van der Waals surface area contributed by atoms with E-state index < -0.39 is 5.76 Å². The fourth-order valence-corrected chi connectivity index (χ4v) is 2.45. The monoisotopic (exact) mass is 281 g/mol. The van der Waals surface area contributed by atoms with E-state index in [-0.39, 0.29) is 12.3 Å². The van der Waals surface area contributed by atoms with Crippen molar-refractivity contribution < 1.29 is 9.21 Å². The predicted octanol–water partition coefficient (Wildman–Crippen LogP) is 3.18. The van der Waals surface area contributed by atoms with Gasteiger partial charge in [0.1, 0.15) is 0 Å². The lowest BCUT2D eigenvalue weighted by Crippen LogP contribution is -2.22. The maximum Gasteiger partial charge on any atom is 0.426 e. The number of oxazole rings is 1. The third-order valence-electron chi connectivity index (χ3n) is 3.60. The number of hydrogen-bond donors (Lipinski definition) is 0. The molecule has 0 fully saturated rings. The minimum Gasteiger partial charge on any atom is -0.407 e. The summed E-state index contributed by atoms with van der Waals surface area (Å²) in [6.45, 7) is 2.01. The number of aromatic nitrogens is 1. The quantitative estimate of drug-likeness (QED) is 0.741. The van der Waals surface area contributed by atoms with E-state index in [0.29, 0.717) is 17.5 Å². The van der Waals surface area contributed by atoms with E-state index in [1.54, 1.807) is 24.3 Å². The Labute approximate surface area is 121 Å². The Balaban J connectivity index is 1.87. The Hall–Kier alpha value is -2.62. The molecule has 0 saturated carbocycles. The molecule has 0 N–H and O–H groups in total. The van der Waals surface area contributed by atoms with Crippen molar-refractivity contribution in [3.8, 4) is 0 Å². The number of para-hydroxylation sites is 2. The highest BCUT2D eigenvalue weighted by Gasteiger charge is 2.15. The first-order valence-electron chi connectivity index (χ1n) is 6.85. The summed E-state index contributed by atoms with van der Waals surface area (Å²) in [6.07, 6.45) is 0.881. The van der Waals surface area contributed by atoms with Crippen LogP contribution in [-0.4, -0.2) is 10.5 Å². The highest BCUT2D eigenvalue weighted by atomic mass is 16.4. The largest absolute Gasteiger partial charge is 0.426 e. The van der Waals surface area contributed by atoms with Crippen LogP contribution in [0.3, 0.4) is 0 Å². The molecule has 3 aromatic rings. The average Bonchev–Trinajstić information content (AvgIpc) is 2.82. The molecule has 3 rings (SSSR count). The Morgan fingerprint density at radius 3 is 2.62 bits per heavy atom. The summed E-state index contributed by atoms with van der Waals surface area (Å²) >= 11 is 0. The molecule has 0 aliphatic heterocycles. The molecule has 0 atom stereocenters. The van der Waals surface area contributed by atoms with Crippen molar-refractivity contribution >= 4 is 17.0 Å². The van der Waals surface area contributed by atoms with Crippen LogP contribution in [0.25, 0.3) is 11.1 Å². The number of aryl methyl sites for hydroxylation is 2. The van der Waals surface area contributed by atoms with Crippen LogP contribution in [-0.2, 0) is 6.42 Å². The summed E-state index contributed by atoms with van der Waals surface area (Å²) in [4.78, 5) is 24.2. The molecule has 0 aliphatic rings. The van der Waals surface area contributed by atoms with Crippen LogP contribution < -0.4 is 5.76 Å². The van der Waals surface area contributed by atoms with Crippen molar-refractivity contribution in [3.63, 3.8) is 0 Å². The van der Waals surface area contributed by atoms with E-state index in [1.165, 1.54) is 0 Å². The molecule has 1 heterocycles. The van der Waals surface area contributed by atoms with Gasteiger partial charge in [-0.3, -0.25) is 4.79 Å². The van der Waals surface area contributed by atoms with E-state index in [4.69, 9.17) is 4.42 Å². The van der Waals surface area contributed by atoms with E-state index >= 15 is 0 Å². The molecule has 0 unspecified atom stereocenters. The Bertz CT molecular complexity index is 858. The normalized spacial score (nSPS) is 10.9. The van der Waals surface area contributed by atoms with Crippen LogP contribution in [0.4, 0.5) is 0 Å². The fourth-order valence-electron chi connectivity index (χ4n) is 2.45. The van der Waals surface area contributed by atoms with E-state index in [2.05, 4.69) is 0 Å². The molecule has 0 spiro atoms. The van der Waals surface area contributed by atoms with Crippen LogP contribution >= 0.6 is 0 Å². The maximum atomic E-state index is 12.3. The van der Waals surface area contributed by atoms with Gasteiger partial charge in [0.15, 0.2) is 5.58 Å². The van der Waals surface area contributed by atoms with Gasteiger partial charge < -0.3 is 4.42 Å². The average molecular weight is 281 g/mol. The van der Waals surface area contributed by atoms with Crippen molar-refractivity contribution in [2.45, 2.75) is 19.8 Å². The van der Waals surface area contributed by atoms with Crippen LogP contribution in [0, 0.1) is 6.92 Å².